The molecule has 0 saturated heterocycles. The topological polar surface area (TPSA) is 146 Å². The van der Waals surface area contributed by atoms with Crippen LogP contribution in [0.25, 0.3) is 0 Å². The lowest BCUT2D eigenvalue weighted by Gasteiger charge is -2.59. The lowest BCUT2D eigenvalue weighted by Crippen LogP contribution is -2.57. The second kappa shape index (κ2) is 10.0. The molecule has 4 unspecified atom stereocenters. The molecule has 4 aliphatic rings. The van der Waals surface area contributed by atoms with E-state index in [-0.39, 0.29) is 29.8 Å². The first-order valence-electron chi connectivity index (χ1n) is 14.0. The predicted molar refractivity (Wildman–Crippen MR) is 141 cm³/mol. The zero-order valence-electron chi connectivity index (χ0n) is 23.4. The van der Waals surface area contributed by atoms with E-state index in [1.807, 2.05) is 0 Å². The number of rotatable bonds is 8. The minimum Gasteiger partial charge on any atom is -0.479 e. The Morgan fingerprint density at radius 1 is 1.13 bits per heavy atom. The van der Waals surface area contributed by atoms with Gasteiger partial charge in [0.05, 0.1) is 5.71 Å². The van der Waals surface area contributed by atoms with Gasteiger partial charge in [0.25, 0.3) is 5.91 Å². The molecule has 4 N–H and O–H groups in total. The molecule has 7 atom stereocenters. The summed E-state index contributed by atoms with van der Waals surface area (Å²) in [7, 11) is 0. The van der Waals surface area contributed by atoms with Crippen LogP contribution in [0.5, 0.6) is 0 Å². The molecule has 38 heavy (non-hydrogen) atoms. The van der Waals surface area contributed by atoms with Gasteiger partial charge in [-0.05, 0) is 87.5 Å². The highest BCUT2D eigenvalue weighted by molar-refractivity contribution is 5.96. The number of carboxylic acid groups (broad SMARTS) is 1. The molecule has 9 heteroatoms. The van der Waals surface area contributed by atoms with Crippen molar-refractivity contribution >= 4 is 23.4 Å². The number of allylic oxidation sites excluding steroid dienone is 2. The summed E-state index contributed by atoms with van der Waals surface area (Å²) in [5, 5.41) is 36.9. The molecule has 0 spiro atoms. The van der Waals surface area contributed by atoms with E-state index >= 15 is 0 Å². The SMILES string of the molecule is CC(=O)[C@@]1(O)CCC2C3CCC4=CC(=NOCC(=O)NCC(C)(C)C(O)C(=O)O)CC[C@]4(C)C3CC[C@@]21C. The fourth-order valence-electron chi connectivity index (χ4n) is 8.22. The summed E-state index contributed by atoms with van der Waals surface area (Å²) in [4.78, 5) is 41.0. The number of ketones is 1. The normalized spacial score (nSPS) is 38.3. The number of hydrogen-bond acceptors (Lipinski definition) is 7. The maximum atomic E-state index is 12.4. The van der Waals surface area contributed by atoms with Crippen molar-refractivity contribution in [3.05, 3.63) is 11.6 Å². The van der Waals surface area contributed by atoms with Gasteiger partial charge in [0, 0.05) is 17.4 Å². The molecule has 0 aromatic heterocycles. The van der Waals surface area contributed by atoms with Gasteiger partial charge >= 0.3 is 5.97 Å². The van der Waals surface area contributed by atoms with E-state index in [1.54, 1.807) is 20.8 Å². The molecular weight excluding hydrogens is 488 g/mol. The largest absolute Gasteiger partial charge is 0.479 e. The summed E-state index contributed by atoms with van der Waals surface area (Å²) in [5.74, 6) is -0.453. The molecule has 1 amide bonds. The molecular formula is C29H44N2O7. The maximum Gasteiger partial charge on any atom is 0.333 e. The first-order valence-corrected chi connectivity index (χ1v) is 14.0. The lowest BCUT2D eigenvalue weighted by molar-refractivity contribution is -0.159. The molecule has 0 aromatic rings. The highest BCUT2D eigenvalue weighted by atomic mass is 16.6. The number of carbonyl (C=O) groups excluding carboxylic acids is 2. The zero-order valence-corrected chi connectivity index (χ0v) is 23.4. The number of hydrogen-bond donors (Lipinski definition) is 4. The van der Waals surface area contributed by atoms with Crippen molar-refractivity contribution in [1.29, 1.82) is 0 Å². The van der Waals surface area contributed by atoms with Gasteiger partial charge in [-0.3, -0.25) is 9.59 Å². The molecule has 0 heterocycles. The number of fused-ring (bicyclic) bond motifs is 5. The lowest BCUT2D eigenvalue weighted by atomic mass is 9.46. The van der Waals surface area contributed by atoms with E-state index in [1.165, 1.54) is 5.57 Å². The number of aliphatic hydroxyl groups is 2. The zero-order chi connectivity index (χ0) is 28.1. The number of aliphatic hydroxyl groups excluding tert-OH is 1. The van der Waals surface area contributed by atoms with Gasteiger partial charge in [-0.2, -0.15) is 0 Å². The third-order valence-corrected chi connectivity index (χ3v) is 10.8. The van der Waals surface area contributed by atoms with Gasteiger partial charge in [0.1, 0.15) is 5.60 Å². The third-order valence-electron chi connectivity index (χ3n) is 10.8. The van der Waals surface area contributed by atoms with Crippen molar-refractivity contribution in [3.8, 4) is 0 Å². The highest BCUT2D eigenvalue weighted by Crippen LogP contribution is 2.67. The van der Waals surface area contributed by atoms with Gasteiger partial charge in [-0.1, -0.05) is 38.4 Å². The number of aliphatic carboxylic acids is 1. The Kier molecular flexibility index (Phi) is 7.60. The smallest absolute Gasteiger partial charge is 0.333 e. The summed E-state index contributed by atoms with van der Waals surface area (Å²) in [6, 6.07) is 0. The van der Waals surface area contributed by atoms with E-state index in [2.05, 4.69) is 30.4 Å². The van der Waals surface area contributed by atoms with Crippen LogP contribution in [0.15, 0.2) is 16.8 Å². The van der Waals surface area contributed by atoms with Crippen molar-refractivity contribution in [2.75, 3.05) is 13.2 Å². The van der Waals surface area contributed by atoms with Gasteiger partial charge in [0.15, 0.2) is 18.5 Å². The molecule has 3 fully saturated rings. The van der Waals surface area contributed by atoms with Crippen LogP contribution in [0.1, 0.15) is 86.0 Å². The van der Waals surface area contributed by atoms with Gasteiger partial charge in [-0.25, -0.2) is 4.79 Å². The Hall–Kier alpha value is -2.26. The van der Waals surface area contributed by atoms with E-state index in [9.17, 15) is 24.6 Å². The molecule has 4 rings (SSSR count). The van der Waals surface area contributed by atoms with Crippen molar-refractivity contribution in [2.45, 2.75) is 97.7 Å². The third kappa shape index (κ3) is 4.70. The average molecular weight is 533 g/mol. The van der Waals surface area contributed by atoms with E-state index in [0.717, 1.165) is 50.7 Å². The second-order valence-corrected chi connectivity index (χ2v) is 13.3. The molecule has 3 saturated carbocycles. The Morgan fingerprint density at radius 3 is 2.47 bits per heavy atom. The molecule has 0 bridgehead atoms. The monoisotopic (exact) mass is 532 g/mol. The molecule has 4 aliphatic carbocycles. The first-order chi connectivity index (χ1) is 17.7. The Bertz CT molecular complexity index is 1050. The first kappa shape index (κ1) is 28.7. The Labute approximate surface area is 225 Å². The summed E-state index contributed by atoms with van der Waals surface area (Å²) < 4.78 is 0. The summed E-state index contributed by atoms with van der Waals surface area (Å²) in [6.07, 6.45) is 7.64. The Balaban J connectivity index is 1.37. The maximum absolute atomic E-state index is 12.4. The highest BCUT2D eigenvalue weighted by Gasteiger charge is 2.65. The number of nitrogens with one attached hydrogen (secondary N) is 1. The Morgan fingerprint density at radius 2 is 1.82 bits per heavy atom. The number of nitrogens with zero attached hydrogens (tertiary/aromatic N) is 1. The molecule has 0 aliphatic heterocycles. The quantitative estimate of drug-likeness (QED) is 0.351. The molecule has 212 valence electrons. The van der Waals surface area contributed by atoms with Gasteiger partial charge < -0.3 is 25.5 Å². The van der Waals surface area contributed by atoms with E-state index in [0.29, 0.717) is 24.2 Å². The second-order valence-electron chi connectivity index (χ2n) is 13.3. The van der Waals surface area contributed by atoms with Crippen LogP contribution >= 0.6 is 0 Å². The summed E-state index contributed by atoms with van der Waals surface area (Å²) in [5.41, 5.74) is -0.295. The number of carboxylic acids is 1. The van der Waals surface area contributed by atoms with Crippen LogP contribution in [-0.4, -0.2) is 63.5 Å². The van der Waals surface area contributed by atoms with Crippen LogP contribution in [0.4, 0.5) is 0 Å². The van der Waals surface area contributed by atoms with Crippen molar-refractivity contribution in [2.24, 2.45) is 39.2 Å². The molecule has 9 nitrogen and oxygen atoms in total. The summed E-state index contributed by atoms with van der Waals surface area (Å²) in [6.45, 7) is 8.89. The predicted octanol–water partition coefficient (Wildman–Crippen LogP) is 3.23. The fourth-order valence-corrected chi connectivity index (χ4v) is 8.22. The number of Topliss-reactive ketones (excluding diaryl/α,β-unsaturated/α-hetero) is 1. The average Bonchev–Trinajstić information content (AvgIpc) is 3.14. The standard InChI is InChI=1S/C29H44N2O7/c1-17(32)29(37)13-10-22-20-7-6-18-14-19(8-11-27(18,4)21(20)9-12-28(22,29)5)31-38-15-23(33)30-16-26(2,3)24(34)25(35)36/h14,20-22,24,34,37H,6-13,15-16H2,1-5H3,(H,30,33)(H,35,36)/t20?,21?,22?,24?,27-,28-,29-/m0/s1. The minimum atomic E-state index is -1.59. The van der Waals surface area contributed by atoms with E-state index in [4.69, 9.17) is 9.94 Å². The van der Waals surface area contributed by atoms with Crippen LogP contribution in [0.3, 0.4) is 0 Å². The van der Waals surface area contributed by atoms with Crippen molar-refractivity contribution in [3.63, 3.8) is 0 Å². The van der Waals surface area contributed by atoms with Crippen molar-refractivity contribution in [1.82, 2.24) is 5.32 Å². The van der Waals surface area contributed by atoms with Gasteiger partial charge in [0.2, 0.25) is 0 Å². The van der Waals surface area contributed by atoms with Crippen molar-refractivity contribution < 1.29 is 34.5 Å². The van der Waals surface area contributed by atoms with Crippen LogP contribution in [-0.2, 0) is 19.2 Å². The van der Waals surface area contributed by atoms with Crippen LogP contribution in [0, 0.1) is 34.0 Å². The summed E-state index contributed by atoms with van der Waals surface area (Å²) >= 11 is 0. The molecule has 0 radical (unpaired) electrons. The van der Waals surface area contributed by atoms with Crippen LogP contribution < -0.4 is 5.32 Å². The van der Waals surface area contributed by atoms with Gasteiger partial charge in [-0.15, -0.1) is 0 Å². The molecule has 0 aromatic carbocycles. The minimum absolute atomic E-state index is 0.00590. The number of amides is 1. The fraction of sp³-hybridized carbons (Fsp3) is 0.793. The number of carbonyl (C=O) groups is 3. The van der Waals surface area contributed by atoms with Crippen LogP contribution in [0.2, 0.25) is 0 Å². The van der Waals surface area contributed by atoms with E-state index < -0.39 is 29.0 Å². The number of oxime groups is 1.